The summed E-state index contributed by atoms with van der Waals surface area (Å²) < 4.78 is 4.76. The van der Waals surface area contributed by atoms with Crippen molar-refractivity contribution in [3.63, 3.8) is 0 Å². The normalized spacial score (nSPS) is 9.56. The van der Waals surface area contributed by atoms with Gasteiger partial charge in [-0.15, -0.1) is 11.6 Å². The molecule has 0 unspecified atom stereocenters. The highest BCUT2D eigenvalue weighted by Crippen LogP contribution is 2.24. The fourth-order valence-corrected chi connectivity index (χ4v) is 1.44. The van der Waals surface area contributed by atoms with Crippen LogP contribution >= 0.6 is 11.6 Å². The van der Waals surface area contributed by atoms with Gasteiger partial charge < -0.3 is 9.84 Å². The summed E-state index contributed by atoms with van der Waals surface area (Å²) in [5, 5.41) is 18.3. The molecule has 1 rings (SSSR count). The zero-order valence-electron chi connectivity index (χ0n) is 8.66. The molecule has 1 N–H and O–H groups in total. The zero-order chi connectivity index (χ0) is 12.1. The first-order valence-electron chi connectivity index (χ1n) is 4.63. The van der Waals surface area contributed by atoms with Crippen LogP contribution in [0.15, 0.2) is 12.1 Å². The molecule has 1 aromatic carbocycles. The Bertz CT molecular complexity index is 451. The Hall–Kier alpha value is -1.73. The third-order valence-corrected chi connectivity index (χ3v) is 2.27. The van der Waals surface area contributed by atoms with Gasteiger partial charge in [-0.1, -0.05) is 0 Å². The standard InChI is InChI=1S/C11H10ClNO3/c1-2-16-11(15)9-3-7(5-12)8(6-13)4-10(9)14/h3-4,14H,2,5H2,1H3. The topological polar surface area (TPSA) is 70.3 Å². The molecule has 0 aliphatic rings. The Labute approximate surface area is 98.0 Å². The van der Waals surface area contributed by atoms with E-state index >= 15 is 0 Å². The SMILES string of the molecule is CCOC(=O)c1cc(CCl)c(C#N)cc1O. The number of phenols is 1. The molecule has 0 radical (unpaired) electrons. The summed E-state index contributed by atoms with van der Waals surface area (Å²) >= 11 is 5.63. The fraction of sp³-hybridized carbons (Fsp3) is 0.273. The summed E-state index contributed by atoms with van der Waals surface area (Å²) in [6.45, 7) is 1.88. The van der Waals surface area contributed by atoms with Gasteiger partial charge in [0.2, 0.25) is 0 Å². The van der Waals surface area contributed by atoms with E-state index in [4.69, 9.17) is 21.6 Å². The molecule has 0 bridgehead atoms. The highest BCUT2D eigenvalue weighted by Gasteiger charge is 2.15. The van der Waals surface area contributed by atoms with E-state index in [9.17, 15) is 9.90 Å². The average Bonchev–Trinajstić information content (AvgIpc) is 2.28. The van der Waals surface area contributed by atoms with Gasteiger partial charge in [-0.05, 0) is 24.6 Å². The molecular formula is C11H10ClNO3. The highest BCUT2D eigenvalue weighted by atomic mass is 35.5. The quantitative estimate of drug-likeness (QED) is 0.648. The number of carbonyl (C=O) groups excluding carboxylic acids is 1. The summed E-state index contributed by atoms with van der Waals surface area (Å²) in [5.74, 6) is -0.810. The monoisotopic (exact) mass is 239 g/mol. The van der Waals surface area contributed by atoms with Gasteiger partial charge >= 0.3 is 5.97 Å². The van der Waals surface area contributed by atoms with E-state index in [1.807, 2.05) is 6.07 Å². The summed E-state index contributed by atoms with van der Waals surface area (Å²) in [5.41, 5.74) is 0.766. The number of carbonyl (C=O) groups is 1. The number of hydrogen-bond donors (Lipinski definition) is 1. The van der Waals surface area contributed by atoms with Crippen LogP contribution in [0.2, 0.25) is 0 Å². The third kappa shape index (κ3) is 2.44. The molecule has 5 heteroatoms. The number of ether oxygens (including phenoxy) is 1. The summed E-state index contributed by atoms with van der Waals surface area (Å²) in [4.78, 5) is 11.4. The molecule has 4 nitrogen and oxygen atoms in total. The molecule has 0 aromatic heterocycles. The van der Waals surface area contributed by atoms with E-state index in [1.165, 1.54) is 12.1 Å². The van der Waals surface area contributed by atoms with Crippen molar-refractivity contribution < 1.29 is 14.6 Å². The Morgan fingerprint density at radius 2 is 2.31 bits per heavy atom. The lowest BCUT2D eigenvalue weighted by molar-refractivity contribution is 0.0523. The molecule has 0 saturated carbocycles. The maximum Gasteiger partial charge on any atom is 0.341 e. The van der Waals surface area contributed by atoms with E-state index in [-0.39, 0.29) is 29.4 Å². The fourth-order valence-electron chi connectivity index (χ4n) is 1.22. The van der Waals surface area contributed by atoms with E-state index in [0.717, 1.165) is 0 Å². The molecule has 0 amide bonds. The minimum Gasteiger partial charge on any atom is -0.507 e. The average molecular weight is 240 g/mol. The molecule has 84 valence electrons. The van der Waals surface area contributed by atoms with Crippen LogP contribution in [0.4, 0.5) is 0 Å². The van der Waals surface area contributed by atoms with Crippen LogP contribution < -0.4 is 0 Å². The lowest BCUT2D eigenvalue weighted by Crippen LogP contribution is -2.06. The van der Waals surface area contributed by atoms with E-state index < -0.39 is 5.97 Å². The number of rotatable bonds is 3. The number of phenolic OH excluding ortho intramolecular Hbond substituents is 1. The second-order valence-corrected chi connectivity index (χ2v) is 3.26. The van der Waals surface area contributed by atoms with Crippen LogP contribution in [0, 0.1) is 11.3 Å². The molecule has 0 atom stereocenters. The van der Waals surface area contributed by atoms with Crippen molar-refractivity contribution in [1.82, 2.24) is 0 Å². The minimum absolute atomic E-state index is 0.0245. The first-order chi connectivity index (χ1) is 7.63. The summed E-state index contributed by atoms with van der Waals surface area (Å²) in [6, 6.07) is 4.48. The second kappa shape index (κ2) is 5.38. The van der Waals surface area contributed by atoms with Crippen LogP contribution in [0.25, 0.3) is 0 Å². The Balaban J connectivity index is 3.22. The molecule has 1 aromatic rings. The highest BCUT2D eigenvalue weighted by molar-refractivity contribution is 6.17. The predicted octanol–water partition coefficient (Wildman–Crippen LogP) is 2.18. The van der Waals surface area contributed by atoms with Crippen LogP contribution in [0.1, 0.15) is 28.4 Å². The number of benzene rings is 1. The van der Waals surface area contributed by atoms with E-state index in [2.05, 4.69) is 0 Å². The van der Waals surface area contributed by atoms with Crippen molar-refractivity contribution in [2.45, 2.75) is 12.8 Å². The van der Waals surface area contributed by atoms with Gasteiger partial charge in [0.25, 0.3) is 0 Å². The number of hydrogen-bond acceptors (Lipinski definition) is 4. The van der Waals surface area contributed by atoms with Crippen LogP contribution in [0.3, 0.4) is 0 Å². The molecule has 0 fully saturated rings. The lowest BCUT2D eigenvalue weighted by Gasteiger charge is -2.07. The number of halogens is 1. The number of aromatic hydroxyl groups is 1. The molecule has 0 aliphatic heterocycles. The van der Waals surface area contributed by atoms with Gasteiger partial charge in [-0.25, -0.2) is 4.79 Å². The largest absolute Gasteiger partial charge is 0.507 e. The van der Waals surface area contributed by atoms with Crippen LogP contribution in [-0.4, -0.2) is 17.7 Å². The van der Waals surface area contributed by atoms with E-state index in [1.54, 1.807) is 6.92 Å². The van der Waals surface area contributed by atoms with Gasteiger partial charge in [0, 0.05) is 5.88 Å². The predicted molar refractivity (Wildman–Crippen MR) is 58.3 cm³/mol. The Morgan fingerprint density at radius 1 is 1.62 bits per heavy atom. The molecule has 16 heavy (non-hydrogen) atoms. The zero-order valence-corrected chi connectivity index (χ0v) is 9.41. The van der Waals surface area contributed by atoms with Crippen molar-refractivity contribution in [3.05, 3.63) is 28.8 Å². The first kappa shape index (κ1) is 12.3. The van der Waals surface area contributed by atoms with Gasteiger partial charge in [0.15, 0.2) is 0 Å². The summed E-state index contributed by atoms with van der Waals surface area (Å²) in [7, 11) is 0. The van der Waals surface area contributed by atoms with Gasteiger partial charge in [-0.2, -0.15) is 5.26 Å². The molecule has 0 saturated heterocycles. The van der Waals surface area contributed by atoms with Crippen LogP contribution in [0.5, 0.6) is 5.75 Å². The lowest BCUT2D eigenvalue weighted by atomic mass is 10.0. The number of nitrogens with zero attached hydrogens (tertiary/aromatic N) is 1. The first-order valence-corrected chi connectivity index (χ1v) is 5.16. The summed E-state index contributed by atoms with van der Waals surface area (Å²) in [6.07, 6.45) is 0. The van der Waals surface area contributed by atoms with E-state index in [0.29, 0.717) is 5.56 Å². The Kier molecular flexibility index (Phi) is 4.15. The number of nitriles is 1. The third-order valence-electron chi connectivity index (χ3n) is 1.98. The molecule has 0 aliphatic carbocycles. The van der Waals surface area contributed by atoms with Crippen molar-refractivity contribution in [2.24, 2.45) is 0 Å². The van der Waals surface area contributed by atoms with Crippen molar-refractivity contribution in [3.8, 4) is 11.8 Å². The molecular weight excluding hydrogens is 230 g/mol. The van der Waals surface area contributed by atoms with Gasteiger partial charge in [-0.3, -0.25) is 0 Å². The number of alkyl halides is 1. The second-order valence-electron chi connectivity index (χ2n) is 2.99. The maximum atomic E-state index is 11.4. The molecule has 0 heterocycles. The van der Waals surface area contributed by atoms with Crippen molar-refractivity contribution in [1.29, 1.82) is 5.26 Å². The molecule has 0 spiro atoms. The van der Waals surface area contributed by atoms with Crippen LogP contribution in [-0.2, 0) is 10.6 Å². The minimum atomic E-state index is -0.629. The van der Waals surface area contributed by atoms with Crippen molar-refractivity contribution >= 4 is 17.6 Å². The Morgan fingerprint density at radius 3 is 2.81 bits per heavy atom. The van der Waals surface area contributed by atoms with Crippen molar-refractivity contribution in [2.75, 3.05) is 6.61 Å². The van der Waals surface area contributed by atoms with Gasteiger partial charge in [0.1, 0.15) is 11.3 Å². The number of esters is 1. The van der Waals surface area contributed by atoms with Gasteiger partial charge in [0.05, 0.1) is 18.2 Å². The maximum absolute atomic E-state index is 11.4. The smallest absolute Gasteiger partial charge is 0.341 e.